The molecule has 3 aromatic rings. The van der Waals surface area contributed by atoms with Gasteiger partial charge in [-0.25, -0.2) is 4.79 Å². The van der Waals surface area contributed by atoms with Crippen molar-refractivity contribution in [2.75, 3.05) is 12.4 Å². The topological polar surface area (TPSA) is 90.9 Å². The minimum Gasteiger partial charge on any atom is -0.491 e. The summed E-state index contributed by atoms with van der Waals surface area (Å²) in [6, 6.07) is 19.2. The molecule has 0 radical (unpaired) electrons. The van der Waals surface area contributed by atoms with E-state index in [0.29, 0.717) is 5.75 Å². The van der Waals surface area contributed by atoms with Crippen LogP contribution in [0.15, 0.2) is 66.7 Å². The summed E-state index contributed by atoms with van der Waals surface area (Å²) in [4.78, 5) is 37.1. The molecule has 0 saturated carbocycles. The summed E-state index contributed by atoms with van der Waals surface area (Å²) in [7, 11) is 1.27. The molecule has 0 spiro atoms. The smallest absolute Gasteiger partial charge is 0.339 e. The van der Waals surface area contributed by atoms with Gasteiger partial charge in [-0.3, -0.25) is 9.59 Å². The molecule has 3 rings (SSSR count). The maximum absolute atomic E-state index is 13.3. The van der Waals surface area contributed by atoms with E-state index in [2.05, 4.69) is 5.32 Å². The predicted octanol–water partition coefficient (Wildman–Crippen LogP) is 5.11. The molecule has 170 valence electrons. The van der Waals surface area contributed by atoms with Crippen LogP contribution in [0.3, 0.4) is 0 Å². The highest BCUT2D eigenvalue weighted by Crippen LogP contribution is 2.29. The zero-order chi connectivity index (χ0) is 24.0. The quantitative estimate of drug-likeness (QED) is 0.400. The number of rotatable bonds is 7. The molecule has 0 fully saturated rings. The van der Waals surface area contributed by atoms with Crippen LogP contribution in [0.4, 0.5) is 5.69 Å². The Hall–Kier alpha value is -4.13. The van der Waals surface area contributed by atoms with E-state index in [4.69, 9.17) is 14.2 Å². The van der Waals surface area contributed by atoms with E-state index >= 15 is 0 Å². The second kappa shape index (κ2) is 10.5. The molecule has 33 heavy (non-hydrogen) atoms. The highest BCUT2D eigenvalue weighted by Gasteiger charge is 2.20. The summed E-state index contributed by atoms with van der Waals surface area (Å²) in [6.07, 6.45) is -0.117. The number of carbonyl (C=O) groups is 3. The Bertz CT molecular complexity index is 1170. The fraction of sp³-hybridized carbons (Fsp3) is 0.192. The molecule has 0 heterocycles. The molecule has 7 heteroatoms. The van der Waals surface area contributed by atoms with Gasteiger partial charge in [0.05, 0.1) is 30.0 Å². The number of benzene rings is 3. The van der Waals surface area contributed by atoms with Gasteiger partial charge in [-0.1, -0.05) is 36.4 Å². The van der Waals surface area contributed by atoms with Crippen LogP contribution >= 0.6 is 0 Å². The van der Waals surface area contributed by atoms with Gasteiger partial charge < -0.3 is 19.5 Å². The highest BCUT2D eigenvalue weighted by molar-refractivity contribution is 6.10. The van der Waals surface area contributed by atoms with Crippen molar-refractivity contribution in [3.63, 3.8) is 0 Å². The van der Waals surface area contributed by atoms with E-state index in [1.165, 1.54) is 26.2 Å². The average molecular weight is 447 g/mol. The molecule has 0 aliphatic rings. The number of anilines is 1. The number of ether oxygens (including phenoxy) is 3. The molecule has 0 atom stereocenters. The Labute approximate surface area is 192 Å². The van der Waals surface area contributed by atoms with Crippen LogP contribution in [0.2, 0.25) is 0 Å². The zero-order valence-corrected chi connectivity index (χ0v) is 18.9. The van der Waals surface area contributed by atoms with Crippen LogP contribution in [-0.4, -0.2) is 31.1 Å². The van der Waals surface area contributed by atoms with Crippen LogP contribution in [0, 0.1) is 0 Å². The maximum atomic E-state index is 13.3. The lowest BCUT2D eigenvalue weighted by Gasteiger charge is -2.16. The van der Waals surface area contributed by atoms with Crippen molar-refractivity contribution in [1.29, 1.82) is 0 Å². The van der Waals surface area contributed by atoms with Gasteiger partial charge in [0.1, 0.15) is 11.5 Å². The van der Waals surface area contributed by atoms with E-state index < -0.39 is 17.8 Å². The third kappa shape index (κ3) is 5.98. The Kier molecular flexibility index (Phi) is 7.46. The molecule has 0 aliphatic carbocycles. The molecule has 0 aromatic heterocycles. The van der Waals surface area contributed by atoms with Crippen molar-refractivity contribution in [2.45, 2.75) is 26.9 Å². The summed E-state index contributed by atoms with van der Waals surface area (Å²) in [5, 5.41) is 2.76. The Morgan fingerprint density at radius 3 is 2.21 bits per heavy atom. The van der Waals surface area contributed by atoms with Crippen molar-refractivity contribution in [1.82, 2.24) is 0 Å². The van der Waals surface area contributed by atoms with Crippen molar-refractivity contribution in [3.05, 3.63) is 77.9 Å². The number of hydrogen-bond acceptors (Lipinski definition) is 6. The molecule has 3 aromatic carbocycles. The maximum Gasteiger partial charge on any atom is 0.339 e. The van der Waals surface area contributed by atoms with Crippen LogP contribution in [0.25, 0.3) is 11.1 Å². The average Bonchev–Trinajstić information content (AvgIpc) is 2.79. The molecule has 1 N–H and O–H groups in total. The number of amides is 1. The van der Waals surface area contributed by atoms with Gasteiger partial charge in [0.2, 0.25) is 0 Å². The lowest BCUT2D eigenvalue weighted by Crippen LogP contribution is -2.18. The summed E-state index contributed by atoms with van der Waals surface area (Å²) >= 11 is 0. The van der Waals surface area contributed by atoms with Crippen LogP contribution in [0.5, 0.6) is 11.5 Å². The summed E-state index contributed by atoms with van der Waals surface area (Å²) in [5.41, 5.74) is 2.25. The Balaban J connectivity index is 2.03. The summed E-state index contributed by atoms with van der Waals surface area (Å²) in [6.45, 7) is 4.97. The number of esters is 2. The molecular formula is C26H25NO6. The zero-order valence-electron chi connectivity index (χ0n) is 18.9. The summed E-state index contributed by atoms with van der Waals surface area (Å²) in [5.74, 6) is -1.21. The Morgan fingerprint density at radius 1 is 0.848 bits per heavy atom. The largest absolute Gasteiger partial charge is 0.491 e. The molecule has 0 bridgehead atoms. The lowest BCUT2D eigenvalue weighted by atomic mass is 10.0. The third-order valence-electron chi connectivity index (χ3n) is 4.60. The van der Waals surface area contributed by atoms with Gasteiger partial charge in [-0.05, 0) is 55.3 Å². The molecular weight excluding hydrogens is 422 g/mol. The van der Waals surface area contributed by atoms with Crippen molar-refractivity contribution in [2.24, 2.45) is 0 Å². The molecule has 0 unspecified atom stereocenters. The van der Waals surface area contributed by atoms with E-state index in [9.17, 15) is 14.4 Å². The van der Waals surface area contributed by atoms with Gasteiger partial charge in [-0.15, -0.1) is 0 Å². The lowest BCUT2D eigenvalue weighted by molar-refractivity contribution is -0.131. The molecule has 0 aliphatic heterocycles. The van der Waals surface area contributed by atoms with E-state index in [1.54, 1.807) is 24.3 Å². The normalized spacial score (nSPS) is 10.5. The molecule has 7 nitrogen and oxygen atoms in total. The number of methoxy groups -OCH3 is 1. The Morgan fingerprint density at radius 2 is 1.58 bits per heavy atom. The van der Waals surface area contributed by atoms with Crippen LogP contribution < -0.4 is 14.8 Å². The van der Waals surface area contributed by atoms with Crippen LogP contribution in [-0.2, 0) is 9.53 Å². The van der Waals surface area contributed by atoms with Crippen molar-refractivity contribution < 1.29 is 28.6 Å². The number of nitrogens with one attached hydrogen (secondary N) is 1. The van der Waals surface area contributed by atoms with Gasteiger partial charge in [-0.2, -0.15) is 0 Å². The third-order valence-corrected chi connectivity index (χ3v) is 4.60. The van der Waals surface area contributed by atoms with Gasteiger partial charge in [0, 0.05) is 6.92 Å². The fourth-order valence-electron chi connectivity index (χ4n) is 3.21. The van der Waals surface area contributed by atoms with E-state index in [-0.39, 0.29) is 28.7 Å². The fourth-order valence-corrected chi connectivity index (χ4v) is 3.21. The van der Waals surface area contributed by atoms with Crippen molar-refractivity contribution >= 4 is 23.5 Å². The first-order valence-electron chi connectivity index (χ1n) is 10.4. The highest BCUT2D eigenvalue weighted by atomic mass is 16.5. The minimum atomic E-state index is -0.595. The predicted molar refractivity (Wildman–Crippen MR) is 125 cm³/mol. The number of carbonyl (C=O) groups excluding carboxylic acids is 3. The number of hydrogen-bond donors (Lipinski definition) is 1. The SMILES string of the molecule is COC(=O)c1ccc(-c2ccccc2)cc1NC(=O)c1cc(OC(C)C)ccc1OC(C)=O. The standard InChI is InChI=1S/C26H25NO6/c1-16(2)32-20-11-13-24(33-17(3)28)22(15-20)25(29)27-23-14-19(18-8-6-5-7-9-18)10-12-21(23)26(30)31-4/h5-16H,1-4H3,(H,27,29). The summed E-state index contributed by atoms with van der Waals surface area (Å²) < 4.78 is 15.8. The van der Waals surface area contributed by atoms with Gasteiger partial charge in [0.25, 0.3) is 5.91 Å². The van der Waals surface area contributed by atoms with Crippen LogP contribution in [0.1, 0.15) is 41.5 Å². The monoisotopic (exact) mass is 447 g/mol. The van der Waals surface area contributed by atoms with E-state index in [1.807, 2.05) is 44.2 Å². The molecule has 1 amide bonds. The molecule has 0 saturated heterocycles. The first kappa shape index (κ1) is 23.5. The first-order chi connectivity index (χ1) is 15.8. The second-order valence-electron chi connectivity index (χ2n) is 7.49. The van der Waals surface area contributed by atoms with Crippen molar-refractivity contribution in [3.8, 4) is 22.6 Å². The van der Waals surface area contributed by atoms with E-state index in [0.717, 1.165) is 11.1 Å². The van der Waals surface area contributed by atoms with Gasteiger partial charge in [0.15, 0.2) is 0 Å². The van der Waals surface area contributed by atoms with Gasteiger partial charge >= 0.3 is 11.9 Å². The minimum absolute atomic E-state index is 0.0786. The second-order valence-corrected chi connectivity index (χ2v) is 7.49. The first-order valence-corrected chi connectivity index (χ1v) is 10.4.